The summed E-state index contributed by atoms with van der Waals surface area (Å²) in [5.41, 5.74) is -0.611. The van der Waals surface area contributed by atoms with E-state index in [4.69, 9.17) is 0 Å². The van der Waals surface area contributed by atoms with Crippen molar-refractivity contribution in [1.82, 2.24) is 9.55 Å². The monoisotopic (exact) mass is 212 g/mol. The predicted octanol–water partition coefficient (Wildman–Crippen LogP) is 2.26. The zero-order valence-corrected chi connectivity index (χ0v) is 9.84. The highest BCUT2D eigenvalue weighted by Crippen LogP contribution is 2.21. The third kappa shape index (κ3) is 2.43. The zero-order valence-electron chi connectivity index (χ0n) is 9.84. The van der Waals surface area contributed by atoms with Crippen molar-refractivity contribution in [3.8, 4) is 0 Å². The molecule has 0 aliphatic carbocycles. The normalized spacial score (nSPS) is 12.2. The van der Waals surface area contributed by atoms with Crippen molar-refractivity contribution in [2.45, 2.75) is 46.1 Å². The van der Waals surface area contributed by atoms with Gasteiger partial charge in [-0.05, 0) is 13.8 Å². The van der Waals surface area contributed by atoms with Gasteiger partial charge in [0.05, 0.1) is 5.69 Å². The summed E-state index contributed by atoms with van der Waals surface area (Å²) in [6, 6.07) is -0.0754. The summed E-state index contributed by atoms with van der Waals surface area (Å²) < 4.78 is 15.0. The van der Waals surface area contributed by atoms with Gasteiger partial charge in [0.1, 0.15) is 0 Å². The first-order valence-electron chi connectivity index (χ1n) is 5.02. The summed E-state index contributed by atoms with van der Waals surface area (Å²) in [5, 5.41) is 0. The van der Waals surface area contributed by atoms with Gasteiger partial charge >= 0.3 is 5.69 Å². The molecule has 0 aliphatic heterocycles. The van der Waals surface area contributed by atoms with Gasteiger partial charge in [-0.1, -0.05) is 20.8 Å². The van der Waals surface area contributed by atoms with Gasteiger partial charge in [0, 0.05) is 17.7 Å². The number of halogens is 1. The van der Waals surface area contributed by atoms with Crippen LogP contribution in [0.2, 0.25) is 0 Å². The average molecular weight is 212 g/mol. The zero-order chi connectivity index (χ0) is 11.8. The lowest BCUT2D eigenvalue weighted by molar-refractivity contribution is 0.460. The van der Waals surface area contributed by atoms with Crippen LogP contribution in [0.4, 0.5) is 4.39 Å². The highest BCUT2D eigenvalue weighted by molar-refractivity contribution is 5.13. The topological polar surface area (TPSA) is 34.9 Å². The Labute approximate surface area is 89.0 Å². The number of rotatable bonds is 1. The first-order valence-corrected chi connectivity index (χ1v) is 5.02. The molecular formula is C11H17FN2O. The summed E-state index contributed by atoms with van der Waals surface area (Å²) >= 11 is 0. The van der Waals surface area contributed by atoms with Crippen LogP contribution in [-0.2, 0) is 5.41 Å². The van der Waals surface area contributed by atoms with Gasteiger partial charge in [0.15, 0.2) is 5.82 Å². The minimum Gasteiger partial charge on any atom is -0.294 e. The van der Waals surface area contributed by atoms with E-state index >= 15 is 0 Å². The maximum Gasteiger partial charge on any atom is 0.348 e. The quantitative estimate of drug-likeness (QED) is 0.715. The summed E-state index contributed by atoms with van der Waals surface area (Å²) in [6.07, 6.45) is 1.24. The summed E-state index contributed by atoms with van der Waals surface area (Å²) in [6.45, 7) is 9.13. The Morgan fingerprint density at radius 3 is 2.33 bits per heavy atom. The second kappa shape index (κ2) is 3.76. The van der Waals surface area contributed by atoms with Crippen molar-refractivity contribution in [2.75, 3.05) is 0 Å². The molecule has 0 aliphatic rings. The number of hydrogen-bond acceptors (Lipinski definition) is 2. The van der Waals surface area contributed by atoms with E-state index in [1.807, 2.05) is 34.6 Å². The number of nitrogens with zero attached hydrogens (tertiary/aromatic N) is 2. The lowest BCUT2D eigenvalue weighted by Gasteiger charge is -2.19. The first-order chi connectivity index (χ1) is 6.73. The molecule has 0 bridgehead atoms. The van der Waals surface area contributed by atoms with Crippen LogP contribution in [0.1, 0.15) is 46.4 Å². The van der Waals surface area contributed by atoms with Gasteiger partial charge in [-0.2, -0.15) is 4.98 Å². The molecule has 1 heterocycles. The molecule has 0 radical (unpaired) electrons. The van der Waals surface area contributed by atoms with Crippen molar-refractivity contribution in [3.05, 3.63) is 28.2 Å². The van der Waals surface area contributed by atoms with Crippen LogP contribution in [0.5, 0.6) is 0 Å². The average Bonchev–Trinajstić information content (AvgIpc) is 2.06. The van der Waals surface area contributed by atoms with Gasteiger partial charge in [-0.25, -0.2) is 9.18 Å². The predicted molar refractivity (Wildman–Crippen MR) is 57.5 cm³/mol. The first kappa shape index (κ1) is 11.9. The van der Waals surface area contributed by atoms with E-state index < -0.39 is 16.9 Å². The van der Waals surface area contributed by atoms with Crippen LogP contribution in [0.25, 0.3) is 0 Å². The smallest absolute Gasteiger partial charge is 0.294 e. The Hall–Kier alpha value is -1.19. The van der Waals surface area contributed by atoms with E-state index in [0.717, 1.165) is 0 Å². The molecule has 1 aromatic heterocycles. The van der Waals surface area contributed by atoms with Gasteiger partial charge in [-0.3, -0.25) is 4.57 Å². The fraction of sp³-hybridized carbons (Fsp3) is 0.636. The van der Waals surface area contributed by atoms with Crippen molar-refractivity contribution in [2.24, 2.45) is 0 Å². The third-order valence-corrected chi connectivity index (χ3v) is 2.17. The van der Waals surface area contributed by atoms with Crippen molar-refractivity contribution >= 4 is 0 Å². The van der Waals surface area contributed by atoms with Crippen LogP contribution in [0, 0.1) is 5.82 Å². The van der Waals surface area contributed by atoms with Gasteiger partial charge in [0.2, 0.25) is 0 Å². The molecule has 4 heteroatoms. The number of hydrogen-bond donors (Lipinski definition) is 0. The fourth-order valence-electron chi connectivity index (χ4n) is 1.34. The Morgan fingerprint density at radius 2 is 1.93 bits per heavy atom. The Kier molecular flexibility index (Phi) is 2.98. The summed E-state index contributed by atoms with van der Waals surface area (Å²) in [5.74, 6) is -0.421. The van der Waals surface area contributed by atoms with E-state index in [0.29, 0.717) is 0 Å². The lowest BCUT2D eigenvalue weighted by Crippen LogP contribution is -2.30. The molecule has 1 rings (SSSR count). The molecule has 0 N–H and O–H groups in total. The minimum absolute atomic E-state index is 0.0754. The van der Waals surface area contributed by atoms with E-state index in [2.05, 4.69) is 4.98 Å². The van der Waals surface area contributed by atoms with Crippen LogP contribution in [-0.4, -0.2) is 9.55 Å². The van der Waals surface area contributed by atoms with Crippen LogP contribution in [0.15, 0.2) is 11.0 Å². The highest BCUT2D eigenvalue weighted by atomic mass is 19.1. The molecule has 0 fully saturated rings. The van der Waals surface area contributed by atoms with Crippen molar-refractivity contribution in [3.63, 3.8) is 0 Å². The van der Waals surface area contributed by atoms with E-state index in [-0.39, 0.29) is 11.7 Å². The Bertz CT molecular complexity index is 416. The Balaban J connectivity index is 3.39. The molecule has 15 heavy (non-hydrogen) atoms. The molecule has 0 spiro atoms. The molecule has 0 aromatic carbocycles. The fourth-order valence-corrected chi connectivity index (χ4v) is 1.34. The molecule has 3 nitrogen and oxygen atoms in total. The standard InChI is InChI=1S/C11H17FN2O/c1-7(2)14-6-8(12)9(11(3,4)5)13-10(14)15/h6-7H,1-5H3. The second-order valence-corrected chi connectivity index (χ2v) is 4.97. The Morgan fingerprint density at radius 1 is 1.40 bits per heavy atom. The maximum atomic E-state index is 13.7. The molecule has 0 unspecified atom stereocenters. The molecule has 0 saturated carbocycles. The van der Waals surface area contributed by atoms with Crippen molar-refractivity contribution < 1.29 is 4.39 Å². The lowest BCUT2D eigenvalue weighted by atomic mass is 9.92. The summed E-state index contributed by atoms with van der Waals surface area (Å²) in [4.78, 5) is 15.4. The molecular weight excluding hydrogens is 195 g/mol. The van der Waals surface area contributed by atoms with Gasteiger partial charge < -0.3 is 0 Å². The summed E-state index contributed by atoms with van der Waals surface area (Å²) in [7, 11) is 0. The van der Waals surface area contributed by atoms with E-state index in [9.17, 15) is 9.18 Å². The van der Waals surface area contributed by atoms with Crippen molar-refractivity contribution in [1.29, 1.82) is 0 Å². The molecule has 1 aromatic rings. The second-order valence-electron chi connectivity index (χ2n) is 4.97. The van der Waals surface area contributed by atoms with Gasteiger partial charge in [0.25, 0.3) is 0 Å². The van der Waals surface area contributed by atoms with E-state index in [1.54, 1.807) is 0 Å². The van der Waals surface area contributed by atoms with Gasteiger partial charge in [-0.15, -0.1) is 0 Å². The maximum absolute atomic E-state index is 13.7. The SMILES string of the molecule is CC(C)n1cc(F)c(C(C)(C)C)nc1=O. The van der Waals surface area contributed by atoms with Crippen LogP contribution >= 0.6 is 0 Å². The molecule has 0 amide bonds. The van der Waals surface area contributed by atoms with Crippen LogP contribution < -0.4 is 5.69 Å². The molecule has 0 saturated heterocycles. The highest BCUT2D eigenvalue weighted by Gasteiger charge is 2.22. The third-order valence-electron chi connectivity index (χ3n) is 2.17. The number of aromatic nitrogens is 2. The minimum atomic E-state index is -0.445. The van der Waals surface area contributed by atoms with E-state index in [1.165, 1.54) is 10.8 Å². The largest absolute Gasteiger partial charge is 0.348 e. The van der Waals surface area contributed by atoms with Crippen LogP contribution in [0.3, 0.4) is 0 Å². The molecule has 84 valence electrons. The molecule has 0 atom stereocenters.